The number of nitrogens with two attached hydrogens (primary N) is 2. The largest absolute Gasteiger partial charge is 0.330 e. The van der Waals surface area contributed by atoms with Gasteiger partial charge in [-0.1, -0.05) is 12.5 Å². The Kier molecular flexibility index (Phi) is 7.96. The highest BCUT2D eigenvalue weighted by molar-refractivity contribution is 9.10. The third-order valence-electron chi connectivity index (χ3n) is 2.15. The number of hydrogen-bond donors (Lipinski definition) is 2. The Labute approximate surface area is 105 Å². The molecule has 0 bridgehead atoms. The lowest BCUT2D eigenvalue weighted by molar-refractivity contribution is 0.589. The lowest BCUT2D eigenvalue weighted by Gasteiger charge is -2.10. The summed E-state index contributed by atoms with van der Waals surface area (Å²) >= 11 is 3.29. The summed E-state index contributed by atoms with van der Waals surface area (Å²) in [4.78, 5) is 4.14. The van der Waals surface area contributed by atoms with Crippen molar-refractivity contribution in [3.63, 3.8) is 0 Å². The summed E-state index contributed by atoms with van der Waals surface area (Å²) in [7, 11) is 0. The summed E-state index contributed by atoms with van der Waals surface area (Å²) < 4.78 is 0.843. The van der Waals surface area contributed by atoms with Crippen LogP contribution in [0.3, 0.4) is 0 Å². The molecule has 0 aliphatic rings. The molecular weight excluding hydrogens is 277 g/mol. The van der Waals surface area contributed by atoms with Gasteiger partial charge in [-0.25, -0.2) is 4.98 Å². The van der Waals surface area contributed by atoms with E-state index in [9.17, 15) is 0 Å². The maximum atomic E-state index is 5.99. The van der Waals surface area contributed by atoms with Crippen LogP contribution in [-0.4, -0.2) is 11.5 Å². The molecule has 0 aliphatic carbocycles. The van der Waals surface area contributed by atoms with Crippen molar-refractivity contribution in [2.45, 2.75) is 25.3 Å². The minimum absolute atomic E-state index is 0. The van der Waals surface area contributed by atoms with E-state index in [1.807, 2.05) is 18.3 Å². The second-order valence-electron chi connectivity index (χ2n) is 3.31. The highest BCUT2D eigenvalue weighted by atomic mass is 79.9. The van der Waals surface area contributed by atoms with Crippen LogP contribution in [0.2, 0.25) is 0 Å². The zero-order valence-electron chi connectivity index (χ0n) is 8.53. The molecule has 86 valence electrons. The van der Waals surface area contributed by atoms with Gasteiger partial charge in [0.15, 0.2) is 0 Å². The number of hydrogen-bond acceptors (Lipinski definition) is 3. The van der Waals surface area contributed by atoms with Crippen LogP contribution in [-0.2, 0) is 0 Å². The fourth-order valence-electron chi connectivity index (χ4n) is 1.28. The van der Waals surface area contributed by atoms with Gasteiger partial charge in [0.2, 0.25) is 0 Å². The van der Waals surface area contributed by atoms with Crippen molar-refractivity contribution < 1.29 is 0 Å². The average Bonchev–Trinajstić information content (AvgIpc) is 2.19. The second-order valence-corrected chi connectivity index (χ2v) is 4.12. The van der Waals surface area contributed by atoms with Gasteiger partial charge in [0.05, 0.1) is 0 Å². The molecule has 0 amide bonds. The zero-order chi connectivity index (χ0) is 10.4. The van der Waals surface area contributed by atoms with Gasteiger partial charge in [-0.2, -0.15) is 0 Å². The van der Waals surface area contributed by atoms with Crippen molar-refractivity contribution in [3.05, 3.63) is 28.5 Å². The number of aromatic nitrogens is 1. The first-order valence-corrected chi connectivity index (χ1v) is 5.60. The second kappa shape index (κ2) is 8.05. The first kappa shape index (κ1) is 14.8. The first-order chi connectivity index (χ1) is 6.74. The van der Waals surface area contributed by atoms with E-state index in [0.717, 1.165) is 36.0 Å². The Morgan fingerprint density at radius 1 is 1.33 bits per heavy atom. The van der Waals surface area contributed by atoms with Crippen LogP contribution in [0.15, 0.2) is 22.9 Å². The van der Waals surface area contributed by atoms with E-state index in [0.29, 0.717) is 0 Å². The average molecular weight is 295 g/mol. The monoisotopic (exact) mass is 293 g/mol. The van der Waals surface area contributed by atoms with E-state index in [1.165, 1.54) is 0 Å². The lowest BCUT2D eigenvalue weighted by Crippen LogP contribution is -2.11. The Morgan fingerprint density at radius 2 is 2.07 bits per heavy atom. The zero-order valence-corrected chi connectivity index (χ0v) is 10.9. The third kappa shape index (κ3) is 5.47. The first-order valence-electron chi connectivity index (χ1n) is 4.81. The third-order valence-corrected chi connectivity index (χ3v) is 2.62. The molecule has 1 aromatic heterocycles. The van der Waals surface area contributed by atoms with Gasteiger partial charge in [-0.15, -0.1) is 12.4 Å². The predicted molar refractivity (Wildman–Crippen MR) is 69.0 cm³/mol. The van der Waals surface area contributed by atoms with E-state index < -0.39 is 0 Å². The van der Waals surface area contributed by atoms with Crippen molar-refractivity contribution >= 4 is 28.3 Å². The van der Waals surface area contributed by atoms with Crippen LogP contribution in [0.1, 0.15) is 30.9 Å². The summed E-state index contributed by atoms with van der Waals surface area (Å²) in [5.74, 6) is 0. The Bertz CT molecular complexity index is 266. The van der Waals surface area contributed by atoms with Gasteiger partial charge >= 0.3 is 0 Å². The molecule has 3 nitrogen and oxygen atoms in total. The number of rotatable bonds is 5. The molecule has 1 aromatic rings. The van der Waals surface area contributed by atoms with Crippen molar-refractivity contribution in [2.24, 2.45) is 11.5 Å². The minimum atomic E-state index is 0. The summed E-state index contributed by atoms with van der Waals surface area (Å²) in [6, 6.07) is 4.00. The van der Waals surface area contributed by atoms with Crippen molar-refractivity contribution in [1.82, 2.24) is 4.98 Å². The minimum Gasteiger partial charge on any atom is -0.330 e. The maximum Gasteiger partial charge on any atom is 0.106 e. The van der Waals surface area contributed by atoms with Crippen LogP contribution in [0.4, 0.5) is 0 Å². The molecule has 5 heteroatoms. The van der Waals surface area contributed by atoms with E-state index in [4.69, 9.17) is 11.5 Å². The molecular formula is C10H17BrClN3. The molecule has 0 unspecified atom stereocenters. The summed E-state index contributed by atoms with van der Waals surface area (Å²) in [5.41, 5.74) is 12.5. The Hall–Kier alpha value is -0.160. The molecule has 0 aromatic carbocycles. The number of unbranched alkanes of at least 4 members (excludes halogenated alkanes) is 1. The molecule has 15 heavy (non-hydrogen) atoms. The van der Waals surface area contributed by atoms with E-state index in [-0.39, 0.29) is 18.4 Å². The molecule has 0 fully saturated rings. The van der Waals surface area contributed by atoms with E-state index >= 15 is 0 Å². The van der Waals surface area contributed by atoms with Crippen molar-refractivity contribution in [2.75, 3.05) is 6.54 Å². The van der Waals surface area contributed by atoms with Gasteiger partial charge < -0.3 is 11.5 Å². The fourth-order valence-corrected chi connectivity index (χ4v) is 1.52. The molecule has 0 aliphatic heterocycles. The summed E-state index contributed by atoms with van der Waals surface area (Å²) in [5, 5.41) is 0. The molecule has 4 N–H and O–H groups in total. The van der Waals surface area contributed by atoms with Crippen LogP contribution in [0, 0.1) is 0 Å². The smallest absolute Gasteiger partial charge is 0.106 e. The van der Waals surface area contributed by atoms with Crippen LogP contribution < -0.4 is 11.5 Å². The standard InChI is InChI=1S/C10H16BrN3.ClH/c11-10-5-4-8(7-14-10)9(13)3-1-2-6-12;/h4-5,7,9H,1-3,6,12-13H2;1H/t9-;/m0./s1. The van der Waals surface area contributed by atoms with Crippen molar-refractivity contribution in [1.29, 1.82) is 0 Å². The van der Waals surface area contributed by atoms with Crippen LogP contribution in [0.5, 0.6) is 0 Å². The van der Waals surface area contributed by atoms with Gasteiger partial charge in [-0.05, 0) is 46.9 Å². The number of nitrogens with zero attached hydrogens (tertiary/aromatic N) is 1. The summed E-state index contributed by atoms with van der Waals surface area (Å²) in [6.45, 7) is 0.741. The molecule has 1 rings (SSSR count). The summed E-state index contributed by atoms with van der Waals surface area (Å²) in [6.07, 6.45) is 4.91. The number of halogens is 2. The van der Waals surface area contributed by atoms with E-state index in [2.05, 4.69) is 20.9 Å². The van der Waals surface area contributed by atoms with Crippen LogP contribution >= 0.6 is 28.3 Å². The predicted octanol–water partition coefficient (Wildman–Crippen LogP) is 2.39. The van der Waals surface area contributed by atoms with Crippen LogP contribution in [0.25, 0.3) is 0 Å². The molecule has 0 saturated heterocycles. The number of pyridine rings is 1. The van der Waals surface area contributed by atoms with Gasteiger partial charge in [-0.3, -0.25) is 0 Å². The SMILES string of the molecule is Cl.NCCCC[C@H](N)c1ccc(Br)nc1. The Morgan fingerprint density at radius 3 is 2.60 bits per heavy atom. The topological polar surface area (TPSA) is 64.9 Å². The quantitative estimate of drug-likeness (QED) is 0.647. The molecule has 0 radical (unpaired) electrons. The van der Waals surface area contributed by atoms with Crippen molar-refractivity contribution in [3.8, 4) is 0 Å². The lowest BCUT2D eigenvalue weighted by atomic mass is 10.0. The molecule has 0 saturated carbocycles. The Balaban J connectivity index is 0.00000196. The fraction of sp³-hybridized carbons (Fsp3) is 0.500. The molecule has 0 spiro atoms. The maximum absolute atomic E-state index is 5.99. The van der Waals surface area contributed by atoms with Gasteiger partial charge in [0.25, 0.3) is 0 Å². The molecule has 1 atom stereocenters. The van der Waals surface area contributed by atoms with E-state index in [1.54, 1.807) is 0 Å². The normalized spacial score (nSPS) is 11.9. The molecule has 1 heterocycles. The highest BCUT2D eigenvalue weighted by Crippen LogP contribution is 2.17. The van der Waals surface area contributed by atoms with Gasteiger partial charge in [0, 0.05) is 12.2 Å². The highest BCUT2D eigenvalue weighted by Gasteiger charge is 2.05. The van der Waals surface area contributed by atoms with Gasteiger partial charge in [0.1, 0.15) is 4.60 Å².